The van der Waals surface area contributed by atoms with Gasteiger partial charge in [-0.3, -0.25) is 4.79 Å². The number of hydrogen-bond acceptors (Lipinski definition) is 4. The predicted molar refractivity (Wildman–Crippen MR) is 72.4 cm³/mol. The Morgan fingerprint density at radius 1 is 1.47 bits per heavy atom. The molecule has 2 rings (SSSR count). The van der Waals surface area contributed by atoms with Crippen LogP contribution in [-0.4, -0.2) is 44.2 Å². The minimum atomic E-state index is -0.395. The van der Waals surface area contributed by atoms with E-state index < -0.39 is 6.10 Å². The molecule has 1 aliphatic heterocycles. The van der Waals surface area contributed by atoms with Crippen LogP contribution in [0.4, 0.5) is 0 Å². The first-order chi connectivity index (χ1) is 9.15. The highest BCUT2D eigenvalue weighted by atomic mass is 16.5. The maximum atomic E-state index is 11.9. The van der Waals surface area contributed by atoms with Gasteiger partial charge in [-0.15, -0.1) is 0 Å². The molecule has 0 spiro atoms. The molecular weight excluding hydrogens is 244 g/mol. The van der Waals surface area contributed by atoms with E-state index >= 15 is 0 Å². The lowest BCUT2D eigenvalue weighted by molar-refractivity contribution is -0.132. The minimum Gasteiger partial charge on any atom is -0.497 e. The molecule has 1 aliphatic rings. The van der Waals surface area contributed by atoms with E-state index in [0.29, 0.717) is 18.7 Å². The number of benzene rings is 1. The van der Waals surface area contributed by atoms with Crippen LogP contribution in [-0.2, 0) is 11.2 Å². The summed E-state index contributed by atoms with van der Waals surface area (Å²) in [4.78, 5) is 13.6. The van der Waals surface area contributed by atoms with Gasteiger partial charge in [0.25, 0.3) is 5.91 Å². The van der Waals surface area contributed by atoms with E-state index in [1.54, 1.807) is 19.1 Å². The molecule has 1 heterocycles. The zero-order valence-electron chi connectivity index (χ0n) is 11.4. The second-order valence-corrected chi connectivity index (χ2v) is 4.67. The summed E-state index contributed by atoms with van der Waals surface area (Å²) in [6, 6.07) is 5.63. The van der Waals surface area contributed by atoms with Gasteiger partial charge in [-0.25, -0.2) is 0 Å². The molecule has 5 heteroatoms. The van der Waals surface area contributed by atoms with Gasteiger partial charge in [-0.2, -0.15) is 0 Å². The van der Waals surface area contributed by atoms with Crippen molar-refractivity contribution in [3.8, 4) is 11.5 Å². The molecule has 0 bridgehead atoms. The maximum absolute atomic E-state index is 11.9. The Hall–Kier alpha value is -1.75. The average molecular weight is 264 g/mol. The number of likely N-dealkylation sites (tertiary alicyclic amines) is 1. The molecule has 5 nitrogen and oxygen atoms in total. The lowest BCUT2D eigenvalue weighted by Gasteiger charge is -2.16. The molecule has 0 aromatic heterocycles. The van der Waals surface area contributed by atoms with E-state index in [2.05, 4.69) is 0 Å². The first kappa shape index (κ1) is 13.7. The summed E-state index contributed by atoms with van der Waals surface area (Å²) >= 11 is 0. The monoisotopic (exact) mass is 264 g/mol. The van der Waals surface area contributed by atoms with E-state index in [1.165, 1.54) is 0 Å². The molecule has 0 radical (unpaired) electrons. The fourth-order valence-electron chi connectivity index (χ4n) is 2.19. The molecule has 1 amide bonds. The number of nitrogens with zero attached hydrogens (tertiary/aromatic N) is 1. The number of likely N-dealkylation sites (N-methyl/N-ethyl adjacent to an activating group) is 1. The largest absolute Gasteiger partial charge is 0.497 e. The standard InChI is InChI=1S/C14H20N2O3/c1-16-8-6-12(14(16)17)19-13-9-11(18-2)4-3-10(13)5-7-15/h3-4,9,12H,5-8,15H2,1-2H3. The SMILES string of the molecule is COc1ccc(CCN)c(OC2CCN(C)C2=O)c1. The molecule has 1 saturated heterocycles. The lowest BCUT2D eigenvalue weighted by atomic mass is 10.1. The van der Waals surface area contributed by atoms with Gasteiger partial charge in [0, 0.05) is 26.1 Å². The molecule has 1 fully saturated rings. The third-order valence-corrected chi connectivity index (χ3v) is 3.34. The molecule has 19 heavy (non-hydrogen) atoms. The lowest BCUT2D eigenvalue weighted by Crippen LogP contribution is -2.29. The Balaban J connectivity index is 2.19. The third-order valence-electron chi connectivity index (χ3n) is 3.34. The minimum absolute atomic E-state index is 0.0292. The van der Waals surface area contributed by atoms with Crippen molar-refractivity contribution in [2.24, 2.45) is 5.73 Å². The Morgan fingerprint density at radius 3 is 2.84 bits per heavy atom. The Morgan fingerprint density at radius 2 is 2.26 bits per heavy atom. The molecule has 1 unspecified atom stereocenters. The van der Waals surface area contributed by atoms with Crippen molar-refractivity contribution in [3.05, 3.63) is 23.8 Å². The van der Waals surface area contributed by atoms with Gasteiger partial charge in [0.15, 0.2) is 6.10 Å². The summed E-state index contributed by atoms with van der Waals surface area (Å²) in [5.74, 6) is 1.44. The summed E-state index contributed by atoms with van der Waals surface area (Å²) < 4.78 is 11.1. The van der Waals surface area contributed by atoms with Crippen molar-refractivity contribution in [2.45, 2.75) is 18.9 Å². The fraction of sp³-hybridized carbons (Fsp3) is 0.500. The third kappa shape index (κ3) is 2.98. The summed E-state index contributed by atoms with van der Waals surface area (Å²) in [5.41, 5.74) is 6.60. The molecule has 2 N–H and O–H groups in total. The van der Waals surface area contributed by atoms with Gasteiger partial charge >= 0.3 is 0 Å². The zero-order valence-corrected chi connectivity index (χ0v) is 11.4. The van der Waals surface area contributed by atoms with E-state index in [4.69, 9.17) is 15.2 Å². The summed E-state index contributed by atoms with van der Waals surface area (Å²) in [7, 11) is 3.40. The Bertz CT molecular complexity index is 462. The number of carbonyl (C=O) groups excluding carboxylic acids is 1. The number of methoxy groups -OCH3 is 1. The van der Waals surface area contributed by atoms with Crippen molar-refractivity contribution in [3.63, 3.8) is 0 Å². The number of hydrogen-bond donors (Lipinski definition) is 1. The number of amides is 1. The highest BCUT2D eigenvalue weighted by Gasteiger charge is 2.31. The highest BCUT2D eigenvalue weighted by molar-refractivity contribution is 5.83. The van der Waals surface area contributed by atoms with Crippen LogP contribution in [0.1, 0.15) is 12.0 Å². The molecule has 1 aromatic rings. The van der Waals surface area contributed by atoms with Crippen molar-refractivity contribution in [1.29, 1.82) is 0 Å². The molecule has 1 aromatic carbocycles. The van der Waals surface area contributed by atoms with E-state index in [1.807, 2.05) is 18.2 Å². The topological polar surface area (TPSA) is 64.8 Å². The average Bonchev–Trinajstić information content (AvgIpc) is 2.73. The normalized spacial score (nSPS) is 18.8. The van der Waals surface area contributed by atoms with Crippen LogP contribution in [0.15, 0.2) is 18.2 Å². The van der Waals surface area contributed by atoms with Gasteiger partial charge in [0.2, 0.25) is 0 Å². The van der Waals surface area contributed by atoms with Gasteiger partial charge in [-0.1, -0.05) is 6.07 Å². The molecule has 0 saturated carbocycles. The second-order valence-electron chi connectivity index (χ2n) is 4.67. The first-order valence-electron chi connectivity index (χ1n) is 6.44. The number of rotatable bonds is 5. The smallest absolute Gasteiger partial charge is 0.263 e. The van der Waals surface area contributed by atoms with Gasteiger partial charge in [-0.05, 0) is 24.6 Å². The highest BCUT2D eigenvalue weighted by Crippen LogP contribution is 2.28. The fourth-order valence-corrected chi connectivity index (χ4v) is 2.19. The second kappa shape index (κ2) is 5.93. The summed E-state index contributed by atoms with van der Waals surface area (Å²) in [5, 5.41) is 0. The molecule has 1 atom stereocenters. The molecule has 0 aliphatic carbocycles. The van der Waals surface area contributed by atoms with Crippen molar-refractivity contribution in [2.75, 3.05) is 27.2 Å². The van der Waals surface area contributed by atoms with Crippen LogP contribution in [0.3, 0.4) is 0 Å². The quantitative estimate of drug-likeness (QED) is 0.854. The van der Waals surface area contributed by atoms with Crippen LogP contribution in [0, 0.1) is 0 Å². The van der Waals surface area contributed by atoms with Crippen molar-refractivity contribution in [1.82, 2.24) is 4.90 Å². The Kier molecular flexibility index (Phi) is 4.27. The van der Waals surface area contributed by atoms with Gasteiger partial charge < -0.3 is 20.1 Å². The van der Waals surface area contributed by atoms with Crippen LogP contribution < -0.4 is 15.2 Å². The van der Waals surface area contributed by atoms with E-state index in [9.17, 15) is 4.79 Å². The maximum Gasteiger partial charge on any atom is 0.263 e. The molecular formula is C14H20N2O3. The number of ether oxygens (including phenoxy) is 2. The van der Waals surface area contributed by atoms with Crippen LogP contribution in [0.25, 0.3) is 0 Å². The van der Waals surface area contributed by atoms with Crippen LogP contribution in [0.5, 0.6) is 11.5 Å². The van der Waals surface area contributed by atoms with Crippen LogP contribution in [0.2, 0.25) is 0 Å². The first-order valence-corrected chi connectivity index (χ1v) is 6.44. The van der Waals surface area contributed by atoms with E-state index in [-0.39, 0.29) is 5.91 Å². The number of nitrogens with two attached hydrogens (primary N) is 1. The van der Waals surface area contributed by atoms with Crippen molar-refractivity contribution < 1.29 is 14.3 Å². The van der Waals surface area contributed by atoms with Gasteiger partial charge in [0.1, 0.15) is 11.5 Å². The van der Waals surface area contributed by atoms with Crippen LogP contribution >= 0.6 is 0 Å². The Labute approximate surface area is 113 Å². The predicted octanol–water partition coefficient (Wildman–Crippen LogP) is 0.806. The van der Waals surface area contributed by atoms with Crippen molar-refractivity contribution >= 4 is 5.91 Å². The summed E-state index contributed by atoms with van der Waals surface area (Å²) in [6.07, 6.45) is 1.04. The zero-order chi connectivity index (χ0) is 13.8. The van der Waals surface area contributed by atoms with Gasteiger partial charge in [0.05, 0.1) is 7.11 Å². The molecule has 104 valence electrons. The number of carbonyl (C=O) groups is 1. The summed E-state index contributed by atoms with van der Waals surface area (Å²) in [6.45, 7) is 1.28. The van der Waals surface area contributed by atoms with E-state index in [0.717, 1.165) is 24.3 Å².